The molecule has 1 unspecified atom stereocenters. The summed E-state index contributed by atoms with van der Waals surface area (Å²) in [6.45, 7) is 4.04. The third kappa shape index (κ3) is 3.37. The number of amides is 2. The molecule has 128 valence electrons. The number of carbonyl (C=O) groups is 2. The minimum Gasteiger partial charge on any atom is -0.344 e. The number of hydrogen-bond acceptors (Lipinski definition) is 5. The minimum atomic E-state index is -0.139. The number of anilines is 1. The van der Waals surface area contributed by atoms with Gasteiger partial charge in [0.05, 0.1) is 10.6 Å². The first kappa shape index (κ1) is 17.1. The van der Waals surface area contributed by atoms with Gasteiger partial charge in [0.25, 0.3) is 11.8 Å². The van der Waals surface area contributed by atoms with E-state index in [9.17, 15) is 9.59 Å². The third-order valence-corrected chi connectivity index (χ3v) is 6.47. The van der Waals surface area contributed by atoms with Gasteiger partial charge in [0.1, 0.15) is 4.88 Å². The average molecular weight is 364 g/mol. The van der Waals surface area contributed by atoms with Crippen LogP contribution in [-0.2, 0) is 12.8 Å². The van der Waals surface area contributed by atoms with Crippen molar-refractivity contribution >= 4 is 39.6 Å². The Morgan fingerprint density at radius 1 is 1.33 bits per heavy atom. The second-order valence-electron chi connectivity index (χ2n) is 6.49. The van der Waals surface area contributed by atoms with E-state index in [0.717, 1.165) is 17.7 Å². The molecular formula is C17H21N3O2S2. The first-order chi connectivity index (χ1) is 11.3. The van der Waals surface area contributed by atoms with Crippen molar-refractivity contribution in [2.24, 2.45) is 5.92 Å². The van der Waals surface area contributed by atoms with Crippen molar-refractivity contribution in [3.63, 3.8) is 0 Å². The molecule has 0 aromatic carbocycles. The lowest BCUT2D eigenvalue weighted by atomic mass is 9.90. The quantitative estimate of drug-likeness (QED) is 0.906. The van der Waals surface area contributed by atoms with Crippen molar-refractivity contribution in [2.45, 2.75) is 33.1 Å². The van der Waals surface area contributed by atoms with Crippen LogP contribution in [0.5, 0.6) is 0 Å². The zero-order valence-corrected chi connectivity index (χ0v) is 15.9. The fourth-order valence-electron chi connectivity index (χ4n) is 2.83. The van der Waals surface area contributed by atoms with Crippen molar-refractivity contribution in [1.29, 1.82) is 0 Å². The van der Waals surface area contributed by atoms with Crippen molar-refractivity contribution in [3.05, 3.63) is 32.0 Å². The second kappa shape index (κ2) is 6.64. The van der Waals surface area contributed by atoms with Crippen LogP contribution >= 0.6 is 22.7 Å². The van der Waals surface area contributed by atoms with Crippen LogP contribution < -0.4 is 5.32 Å². The summed E-state index contributed by atoms with van der Waals surface area (Å²) in [4.78, 5) is 33.0. The van der Waals surface area contributed by atoms with Crippen molar-refractivity contribution < 1.29 is 9.59 Å². The highest BCUT2D eigenvalue weighted by Crippen LogP contribution is 2.33. The Labute approximate surface area is 149 Å². The number of hydrogen-bond donors (Lipinski definition) is 1. The highest BCUT2D eigenvalue weighted by atomic mass is 32.1. The van der Waals surface area contributed by atoms with Crippen LogP contribution in [0.25, 0.3) is 0 Å². The van der Waals surface area contributed by atoms with E-state index in [0.29, 0.717) is 21.6 Å². The lowest BCUT2D eigenvalue weighted by Gasteiger charge is -2.16. The summed E-state index contributed by atoms with van der Waals surface area (Å²) < 4.78 is 0. The Balaban J connectivity index is 1.76. The van der Waals surface area contributed by atoms with Gasteiger partial charge >= 0.3 is 0 Å². The van der Waals surface area contributed by atoms with Crippen LogP contribution in [0, 0.1) is 12.8 Å². The maximum atomic E-state index is 12.5. The van der Waals surface area contributed by atoms with Gasteiger partial charge in [0.2, 0.25) is 0 Å². The van der Waals surface area contributed by atoms with Gasteiger partial charge < -0.3 is 4.90 Å². The Kier molecular flexibility index (Phi) is 4.73. The van der Waals surface area contributed by atoms with Crippen molar-refractivity contribution in [2.75, 3.05) is 19.4 Å². The number of thiophene rings is 1. The number of nitrogens with zero attached hydrogens (tertiary/aromatic N) is 2. The third-order valence-electron chi connectivity index (χ3n) is 4.17. The van der Waals surface area contributed by atoms with E-state index in [1.807, 2.05) is 6.07 Å². The number of rotatable bonds is 3. The minimum absolute atomic E-state index is 0.0916. The molecule has 1 atom stereocenters. The molecule has 7 heteroatoms. The van der Waals surface area contributed by atoms with Crippen LogP contribution in [0.15, 0.2) is 6.07 Å². The Hall–Kier alpha value is -1.73. The van der Waals surface area contributed by atoms with Crippen LogP contribution in [0.4, 0.5) is 5.13 Å². The van der Waals surface area contributed by atoms with E-state index in [-0.39, 0.29) is 11.8 Å². The lowest BCUT2D eigenvalue weighted by Crippen LogP contribution is -2.21. The van der Waals surface area contributed by atoms with Gasteiger partial charge in [-0.3, -0.25) is 14.9 Å². The molecule has 2 amide bonds. The van der Waals surface area contributed by atoms with Crippen LogP contribution in [0.3, 0.4) is 0 Å². The smallest absolute Gasteiger partial charge is 0.267 e. The maximum Gasteiger partial charge on any atom is 0.267 e. The normalized spacial score (nSPS) is 16.6. The van der Waals surface area contributed by atoms with Crippen LogP contribution in [-0.4, -0.2) is 35.8 Å². The van der Waals surface area contributed by atoms with Gasteiger partial charge in [-0.05, 0) is 43.7 Å². The van der Waals surface area contributed by atoms with E-state index < -0.39 is 0 Å². The summed E-state index contributed by atoms with van der Waals surface area (Å²) in [7, 11) is 3.41. The van der Waals surface area contributed by atoms with Crippen LogP contribution in [0.2, 0.25) is 0 Å². The summed E-state index contributed by atoms with van der Waals surface area (Å²) in [6.07, 6.45) is 3.31. The molecule has 1 N–H and O–H groups in total. The van der Waals surface area contributed by atoms with Gasteiger partial charge in [-0.15, -0.1) is 11.3 Å². The molecule has 0 aliphatic heterocycles. The van der Waals surface area contributed by atoms with E-state index in [1.165, 1.54) is 33.1 Å². The molecule has 0 spiro atoms. The van der Waals surface area contributed by atoms with Crippen molar-refractivity contribution in [1.82, 2.24) is 9.88 Å². The molecule has 2 heterocycles. The topological polar surface area (TPSA) is 62.3 Å². The summed E-state index contributed by atoms with van der Waals surface area (Å²) in [5, 5.41) is 3.32. The Morgan fingerprint density at radius 2 is 2.08 bits per heavy atom. The maximum absolute atomic E-state index is 12.5. The summed E-state index contributed by atoms with van der Waals surface area (Å²) in [5.74, 6) is 0.454. The van der Waals surface area contributed by atoms with Crippen molar-refractivity contribution in [3.8, 4) is 0 Å². The number of fused-ring (bicyclic) bond motifs is 1. The van der Waals surface area contributed by atoms with E-state index >= 15 is 0 Å². The molecule has 24 heavy (non-hydrogen) atoms. The summed E-state index contributed by atoms with van der Waals surface area (Å²) in [6, 6.07) is 2.01. The number of aryl methyl sites for hydroxylation is 2. The number of aromatic nitrogens is 1. The molecule has 0 radical (unpaired) electrons. The molecule has 5 nitrogen and oxygen atoms in total. The lowest BCUT2D eigenvalue weighted by molar-refractivity contribution is 0.0831. The molecule has 2 aromatic heterocycles. The molecule has 0 saturated carbocycles. The highest BCUT2D eigenvalue weighted by molar-refractivity contribution is 7.18. The van der Waals surface area contributed by atoms with E-state index in [4.69, 9.17) is 0 Å². The highest BCUT2D eigenvalue weighted by Gasteiger charge is 2.22. The average Bonchev–Trinajstić information content (AvgIpc) is 3.09. The van der Waals surface area contributed by atoms with Gasteiger partial charge in [0, 0.05) is 19.0 Å². The molecule has 0 bridgehead atoms. The first-order valence-electron chi connectivity index (χ1n) is 7.97. The standard InChI is InChI=1S/C17H21N3O2S2/c1-9-5-6-12-11(7-9)8-13(23-12)15(21)19-17-18-10(2)14(24-17)16(22)20(3)4/h8-9H,5-7H2,1-4H3,(H,18,19,21). The summed E-state index contributed by atoms with van der Waals surface area (Å²) in [5.41, 5.74) is 1.95. The van der Waals surface area contributed by atoms with Gasteiger partial charge in [-0.2, -0.15) is 0 Å². The molecule has 2 aromatic rings. The fraction of sp³-hybridized carbons (Fsp3) is 0.471. The number of carbonyl (C=O) groups excluding carboxylic acids is 2. The van der Waals surface area contributed by atoms with Gasteiger partial charge in [0.15, 0.2) is 5.13 Å². The second-order valence-corrected chi connectivity index (χ2v) is 8.63. The predicted molar refractivity (Wildman–Crippen MR) is 98.3 cm³/mol. The zero-order chi connectivity index (χ0) is 17.4. The molecule has 1 aliphatic rings. The van der Waals surface area contributed by atoms with E-state index in [2.05, 4.69) is 17.2 Å². The van der Waals surface area contributed by atoms with Gasteiger partial charge in [-0.25, -0.2) is 4.98 Å². The Bertz CT molecular complexity index is 792. The van der Waals surface area contributed by atoms with E-state index in [1.54, 1.807) is 32.4 Å². The molecule has 0 saturated heterocycles. The molecular weight excluding hydrogens is 342 g/mol. The monoisotopic (exact) mass is 363 g/mol. The largest absolute Gasteiger partial charge is 0.344 e. The van der Waals surface area contributed by atoms with Crippen LogP contribution in [0.1, 0.15) is 48.8 Å². The predicted octanol–water partition coefficient (Wildman–Crippen LogP) is 3.59. The number of nitrogens with one attached hydrogen (secondary N) is 1. The first-order valence-corrected chi connectivity index (χ1v) is 9.60. The SMILES string of the molecule is Cc1nc(NC(=O)c2cc3c(s2)CCC(C)C3)sc1C(=O)N(C)C. The summed E-state index contributed by atoms with van der Waals surface area (Å²) >= 11 is 2.80. The van der Waals surface area contributed by atoms with Gasteiger partial charge in [-0.1, -0.05) is 18.3 Å². The zero-order valence-electron chi connectivity index (χ0n) is 14.3. The molecule has 0 fully saturated rings. The molecule has 3 rings (SSSR count). The fourth-order valence-corrected chi connectivity index (χ4v) is 4.91. The Morgan fingerprint density at radius 3 is 2.79 bits per heavy atom. The molecule has 1 aliphatic carbocycles. The number of thiazole rings is 1.